The molecule has 0 heterocycles. The van der Waals surface area contributed by atoms with Crippen molar-refractivity contribution in [2.75, 3.05) is 0 Å². The van der Waals surface area contributed by atoms with Gasteiger partial charge in [-0.1, -0.05) is 11.6 Å². The molecule has 0 aliphatic heterocycles. The van der Waals surface area contributed by atoms with Crippen molar-refractivity contribution in [1.29, 1.82) is 0 Å². The van der Waals surface area contributed by atoms with E-state index in [9.17, 15) is 44.3 Å². The summed E-state index contributed by atoms with van der Waals surface area (Å²) in [6.45, 7) is 0. The topological polar surface area (TPSA) is 17.1 Å². The molecule has 0 saturated heterocycles. The van der Waals surface area contributed by atoms with Crippen LogP contribution in [0.15, 0.2) is 22.7 Å². The van der Waals surface area contributed by atoms with Crippen LogP contribution in [0, 0.1) is 0 Å². The molecule has 0 saturated carbocycles. The van der Waals surface area contributed by atoms with Crippen LogP contribution >= 0.6 is 27.5 Å². The quantitative estimate of drug-likeness (QED) is 0.433. The summed E-state index contributed by atoms with van der Waals surface area (Å²) in [6.07, 6.45) is -6.99. The molecule has 1 aromatic rings. The van der Waals surface area contributed by atoms with E-state index in [1.165, 1.54) is 0 Å². The Morgan fingerprint density at radius 1 is 0.913 bits per heavy atom. The molecule has 0 fully saturated rings. The van der Waals surface area contributed by atoms with E-state index in [1.807, 2.05) is 0 Å². The van der Waals surface area contributed by atoms with Gasteiger partial charge in [0, 0.05) is 10.0 Å². The van der Waals surface area contributed by atoms with Gasteiger partial charge >= 0.3 is 23.9 Å². The standard InChI is InChI=1S/C11H3BrClF9O/c12-5-2-1-4(3-6(5)13)7(23)8(14,15)9(16,17)10(18,19)11(20,21)22/h1-3H. The number of Topliss-reactive ketones (excluding diaryl/α,β-unsaturated/α-hetero) is 1. The van der Waals surface area contributed by atoms with Crippen LogP contribution in [0.5, 0.6) is 0 Å². The van der Waals surface area contributed by atoms with Gasteiger partial charge in [-0.15, -0.1) is 0 Å². The Morgan fingerprint density at radius 3 is 1.78 bits per heavy atom. The lowest BCUT2D eigenvalue weighted by atomic mass is 9.96. The van der Waals surface area contributed by atoms with E-state index in [0.29, 0.717) is 12.1 Å². The highest BCUT2D eigenvalue weighted by atomic mass is 79.9. The van der Waals surface area contributed by atoms with Gasteiger partial charge in [0.25, 0.3) is 0 Å². The van der Waals surface area contributed by atoms with Crippen LogP contribution in [0.2, 0.25) is 5.02 Å². The molecule has 12 heteroatoms. The predicted octanol–water partition coefficient (Wildman–Crippen LogP) is 5.75. The number of carbonyl (C=O) groups is 1. The third-order valence-electron chi connectivity index (χ3n) is 2.61. The first-order valence-electron chi connectivity index (χ1n) is 5.27. The average Bonchev–Trinajstić information content (AvgIpc) is 2.39. The zero-order chi connectivity index (χ0) is 18.4. The van der Waals surface area contributed by atoms with Crippen molar-refractivity contribution >= 4 is 33.3 Å². The number of halogens is 11. The van der Waals surface area contributed by atoms with Crippen LogP contribution in [0.25, 0.3) is 0 Å². The Balaban J connectivity index is 3.38. The molecule has 0 unspecified atom stereocenters. The van der Waals surface area contributed by atoms with Crippen LogP contribution < -0.4 is 0 Å². The number of alkyl halides is 9. The van der Waals surface area contributed by atoms with E-state index in [0.717, 1.165) is 6.07 Å². The zero-order valence-corrected chi connectivity index (χ0v) is 12.6. The van der Waals surface area contributed by atoms with Crippen molar-refractivity contribution < 1.29 is 44.3 Å². The zero-order valence-electron chi connectivity index (χ0n) is 10.3. The molecule has 0 aliphatic rings. The first-order chi connectivity index (χ1) is 10.1. The van der Waals surface area contributed by atoms with Crippen molar-refractivity contribution in [1.82, 2.24) is 0 Å². The first-order valence-corrected chi connectivity index (χ1v) is 6.44. The van der Waals surface area contributed by atoms with Gasteiger partial charge in [0.1, 0.15) is 0 Å². The number of benzene rings is 1. The second-order valence-electron chi connectivity index (χ2n) is 4.18. The number of hydrogen-bond acceptors (Lipinski definition) is 1. The smallest absolute Gasteiger partial charge is 0.287 e. The van der Waals surface area contributed by atoms with Gasteiger partial charge in [-0.2, -0.15) is 39.5 Å². The summed E-state index contributed by atoms with van der Waals surface area (Å²) >= 11 is 8.20. The molecule has 0 bridgehead atoms. The second-order valence-corrected chi connectivity index (χ2v) is 5.44. The Bertz CT molecular complexity index is 626. The van der Waals surface area contributed by atoms with E-state index in [2.05, 4.69) is 15.9 Å². The molecule has 23 heavy (non-hydrogen) atoms. The Labute approximate surface area is 135 Å². The van der Waals surface area contributed by atoms with E-state index >= 15 is 0 Å². The minimum absolute atomic E-state index is 0.0476. The number of ketones is 1. The third-order valence-corrected chi connectivity index (χ3v) is 3.84. The van der Waals surface area contributed by atoms with Crippen molar-refractivity contribution in [2.45, 2.75) is 23.9 Å². The number of carbonyl (C=O) groups excluding carboxylic acids is 1. The summed E-state index contributed by atoms with van der Waals surface area (Å²) in [5.74, 6) is -23.4. The van der Waals surface area contributed by atoms with E-state index < -0.39 is 40.3 Å². The molecule has 0 atom stereocenters. The molecule has 130 valence electrons. The van der Waals surface area contributed by atoms with Gasteiger partial charge in [0.05, 0.1) is 5.02 Å². The molecule has 0 spiro atoms. The van der Waals surface area contributed by atoms with Crippen molar-refractivity contribution in [3.05, 3.63) is 33.3 Å². The largest absolute Gasteiger partial charge is 0.460 e. The predicted molar refractivity (Wildman–Crippen MR) is 64.4 cm³/mol. The summed E-state index contributed by atoms with van der Waals surface area (Å²) < 4.78 is 114. The fourth-order valence-electron chi connectivity index (χ4n) is 1.34. The number of rotatable bonds is 4. The van der Waals surface area contributed by atoms with Crippen molar-refractivity contribution in [3.8, 4) is 0 Å². The van der Waals surface area contributed by atoms with E-state index in [4.69, 9.17) is 11.6 Å². The monoisotopic (exact) mass is 436 g/mol. The van der Waals surface area contributed by atoms with Crippen LogP contribution in [0.1, 0.15) is 10.4 Å². The van der Waals surface area contributed by atoms with Gasteiger partial charge in [-0.3, -0.25) is 4.79 Å². The van der Waals surface area contributed by atoms with Crippen LogP contribution in [0.4, 0.5) is 39.5 Å². The summed E-state index contributed by atoms with van der Waals surface area (Å²) in [7, 11) is 0. The summed E-state index contributed by atoms with van der Waals surface area (Å²) in [5, 5.41) is -0.419. The van der Waals surface area contributed by atoms with Crippen molar-refractivity contribution in [2.24, 2.45) is 0 Å². The Hall–Kier alpha value is -0.970. The molecule has 0 aliphatic carbocycles. The highest BCUT2D eigenvalue weighted by Gasteiger charge is 2.83. The maximum atomic E-state index is 13.4. The lowest BCUT2D eigenvalue weighted by Crippen LogP contribution is -2.63. The minimum Gasteiger partial charge on any atom is -0.287 e. The fourth-order valence-corrected chi connectivity index (χ4v) is 1.76. The summed E-state index contributed by atoms with van der Waals surface area (Å²) in [6, 6.07) is 1.78. The first kappa shape index (κ1) is 20.1. The molecular formula is C11H3BrClF9O. The Kier molecular flexibility index (Phi) is 5.09. The van der Waals surface area contributed by atoms with Crippen LogP contribution in [-0.4, -0.2) is 29.7 Å². The highest BCUT2D eigenvalue weighted by Crippen LogP contribution is 2.53. The number of hydrogen-bond donors (Lipinski definition) is 0. The normalized spacial score (nSPS) is 14.0. The van der Waals surface area contributed by atoms with E-state index in [-0.39, 0.29) is 4.47 Å². The maximum absolute atomic E-state index is 13.4. The van der Waals surface area contributed by atoms with Crippen LogP contribution in [0.3, 0.4) is 0 Å². The highest BCUT2D eigenvalue weighted by molar-refractivity contribution is 9.10. The molecule has 1 aromatic carbocycles. The summed E-state index contributed by atoms with van der Waals surface area (Å²) in [4.78, 5) is 11.3. The molecule has 1 rings (SSSR count). The van der Waals surface area contributed by atoms with Gasteiger partial charge in [0.15, 0.2) is 0 Å². The third kappa shape index (κ3) is 3.17. The van der Waals surface area contributed by atoms with Gasteiger partial charge in [-0.25, -0.2) is 0 Å². The fraction of sp³-hybridized carbons (Fsp3) is 0.364. The van der Waals surface area contributed by atoms with Gasteiger partial charge in [0.2, 0.25) is 5.78 Å². The molecule has 0 aromatic heterocycles. The minimum atomic E-state index is -7.13. The van der Waals surface area contributed by atoms with Crippen LogP contribution in [-0.2, 0) is 0 Å². The van der Waals surface area contributed by atoms with Gasteiger partial charge in [-0.05, 0) is 34.1 Å². The Morgan fingerprint density at radius 2 is 1.39 bits per heavy atom. The maximum Gasteiger partial charge on any atom is 0.460 e. The molecule has 0 N–H and O–H groups in total. The second kappa shape index (κ2) is 5.83. The average molecular weight is 437 g/mol. The van der Waals surface area contributed by atoms with Gasteiger partial charge < -0.3 is 0 Å². The molecular weight excluding hydrogens is 434 g/mol. The SMILES string of the molecule is O=C(c1ccc(Br)c(Cl)c1)C(F)(F)C(F)(F)C(F)(F)C(F)(F)F. The molecule has 0 radical (unpaired) electrons. The lowest BCUT2D eigenvalue weighted by Gasteiger charge is -2.32. The lowest BCUT2D eigenvalue weighted by molar-refractivity contribution is -0.386. The van der Waals surface area contributed by atoms with Crippen molar-refractivity contribution in [3.63, 3.8) is 0 Å². The summed E-state index contributed by atoms with van der Waals surface area (Å²) in [5.41, 5.74) is -1.26. The molecule has 1 nitrogen and oxygen atoms in total. The van der Waals surface area contributed by atoms with E-state index in [1.54, 1.807) is 0 Å². The molecule has 0 amide bonds.